The molecule has 0 heterocycles. The van der Waals surface area contributed by atoms with E-state index in [1.54, 1.807) is 0 Å². The lowest BCUT2D eigenvalue weighted by molar-refractivity contribution is 0.315. The Hall–Kier alpha value is -0.890. The minimum atomic E-state index is -1.04. The highest BCUT2D eigenvalue weighted by molar-refractivity contribution is 5.36. The van der Waals surface area contributed by atoms with Crippen molar-refractivity contribution in [1.29, 1.82) is 0 Å². The van der Waals surface area contributed by atoms with Crippen LogP contribution in [0.15, 0.2) is 24.3 Å². The number of benzene rings is 1. The maximum Gasteiger partial charge on any atom is 0.136 e. The average Bonchev–Trinajstić information content (AvgIpc) is 2.84. The molecule has 1 unspecified atom stereocenters. The van der Waals surface area contributed by atoms with E-state index in [2.05, 4.69) is 0 Å². The third-order valence-corrected chi connectivity index (χ3v) is 2.73. The van der Waals surface area contributed by atoms with Gasteiger partial charge in [-0.05, 0) is 37.3 Å². The highest BCUT2D eigenvalue weighted by atomic mass is 19.1. The second-order valence-electron chi connectivity index (χ2n) is 4.30. The van der Waals surface area contributed by atoms with Gasteiger partial charge in [0, 0.05) is 6.04 Å². The quantitative estimate of drug-likeness (QED) is 0.784. The van der Waals surface area contributed by atoms with Crippen molar-refractivity contribution >= 4 is 0 Å². The maximum absolute atomic E-state index is 13.9. The fourth-order valence-electron chi connectivity index (χ4n) is 1.86. The molecule has 76 valence electrons. The normalized spacial score (nSPS) is 20.5. The summed E-state index contributed by atoms with van der Waals surface area (Å²) in [5.74, 6) is 0. The van der Waals surface area contributed by atoms with E-state index in [0.717, 1.165) is 17.5 Å². The van der Waals surface area contributed by atoms with Crippen LogP contribution in [0, 0.1) is 0 Å². The molecule has 0 bridgehead atoms. The van der Waals surface area contributed by atoms with Gasteiger partial charge in [-0.2, -0.15) is 0 Å². The summed E-state index contributed by atoms with van der Waals surface area (Å²) in [6.45, 7) is 1.95. The van der Waals surface area contributed by atoms with E-state index in [-0.39, 0.29) is 6.04 Å². The van der Waals surface area contributed by atoms with E-state index in [1.807, 2.05) is 31.2 Å². The van der Waals surface area contributed by atoms with Crippen LogP contribution >= 0.6 is 0 Å². The van der Waals surface area contributed by atoms with Crippen molar-refractivity contribution in [3.63, 3.8) is 0 Å². The van der Waals surface area contributed by atoms with E-state index >= 15 is 0 Å². The summed E-state index contributed by atoms with van der Waals surface area (Å²) >= 11 is 0. The Morgan fingerprint density at radius 2 is 2.07 bits per heavy atom. The molecule has 1 aliphatic carbocycles. The molecular weight excluding hydrogens is 177 g/mol. The van der Waals surface area contributed by atoms with Crippen LogP contribution in [0.1, 0.15) is 30.9 Å². The first-order valence-corrected chi connectivity index (χ1v) is 5.15. The van der Waals surface area contributed by atoms with Gasteiger partial charge in [0.1, 0.15) is 5.67 Å². The number of hydrogen-bond donors (Lipinski definition) is 1. The zero-order chi connectivity index (χ0) is 10.2. The molecule has 1 atom stereocenters. The number of halogens is 1. The van der Waals surface area contributed by atoms with Crippen molar-refractivity contribution in [2.75, 3.05) is 0 Å². The van der Waals surface area contributed by atoms with Gasteiger partial charge in [0.15, 0.2) is 0 Å². The number of rotatable bonds is 3. The monoisotopic (exact) mass is 193 g/mol. The van der Waals surface area contributed by atoms with Gasteiger partial charge in [-0.15, -0.1) is 0 Å². The van der Waals surface area contributed by atoms with Gasteiger partial charge in [0.25, 0.3) is 0 Å². The molecule has 2 N–H and O–H groups in total. The SMILES string of the molecule is CC(N)Cc1ccccc1C1(F)CC1. The Morgan fingerprint density at radius 3 is 2.64 bits per heavy atom. The van der Waals surface area contributed by atoms with Crippen LogP contribution in [0.4, 0.5) is 4.39 Å². The maximum atomic E-state index is 13.9. The first-order valence-electron chi connectivity index (χ1n) is 5.15. The van der Waals surface area contributed by atoms with Crippen LogP contribution in [0.3, 0.4) is 0 Å². The molecule has 1 fully saturated rings. The Kier molecular flexibility index (Phi) is 2.31. The van der Waals surface area contributed by atoms with Crippen molar-refractivity contribution < 1.29 is 4.39 Å². The zero-order valence-electron chi connectivity index (χ0n) is 8.46. The molecule has 14 heavy (non-hydrogen) atoms. The second kappa shape index (κ2) is 3.35. The van der Waals surface area contributed by atoms with Crippen LogP contribution < -0.4 is 5.73 Å². The van der Waals surface area contributed by atoms with Crippen molar-refractivity contribution in [3.8, 4) is 0 Å². The third kappa shape index (κ3) is 1.80. The lowest BCUT2D eigenvalue weighted by Crippen LogP contribution is -2.19. The van der Waals surface area contributed by atoms with Gasteiger partial charge in [0.2, 0.25) is 0 Å². The van der Waals surface area contributed by atoms with Crippen molar-refractivity contribution in [2.24, 2.45) is 5.73 Å². The zero-order valence-corrected chi connectivity index (χ0v) is 8.46. The van der Waals surface area contributed by atoms with Crippen molar-refractivity contribution in [3.05, 3.63) is 35.4 Å². The Labute approximate surface area is 84.1 Å². The fraction of sp³-hybridized carbons (Fsp3) is 0.500. The summed E-state index contributed by atoms with van der Waals surface area (Å²) < 4.78 is 13.9. The van der Waals surface area contributed by atoms with Crippen LogP contribution in [0.5, 0.6) is 0 Å². The molecule has 2 rings (SSSR count). The molecule has 1 aliphatic rings. The Balaban J connectivity index is 2.29. The van der Waals surface area contributed by atoms with E-state index < -0.39 is 5.67 Å². The summed E-state index contributed by atoms with van der Waals surface area (Å²) in [7, 11) is 0. The second-order valence-corrected chi connectivity index (χ2v) is 4.30. The van der Waals surface area contributed by atoms with E-state index in [9.17, 15) is 4.39 Å². The molecule has 0 radical (unpaired) electrons. The fourth-order valence-corrected chi connectivity index (χ4v) is 1.86. The topological polar surface area (TPSA) is 26.0 Å². The van der Waals surface area contributed by atoms with Crippen LogP contribution in [0.25, 0.3) is 0 Å². The molecule has 1 saturated carbocycles. The smallest absolute Gasteiger partial charge is 0.136 e. The molecule has 1 aromatic rings. The molecule has 0 spiro atoms. The number of alkyl halides is 1. The van der Waals surface area contributed by atoms with Gasteiger partial charge in [-0.1, -0.05) is 24.3 Å². The van der Waals surface area contributed by atoms with E-state index in [4.69, 9.17) is 5.73 Å². The van der Waals surface area contributed by atoms with E-state index in [1.165, 1.54) is 0 Å². The van der Waals surface area contributed by atoms with Crippen LogP contribution in [-0.2, 0) is 12.1 Å². The van der Waals surface area contributed by atoms with Gasteiger partial charge in [0.05, 0.1) is 0 Å². The molecule has 2 heteroatoms. The minimum Gasteiger partial charge on any atom is -0.328 e. The molecule has 0 saturated heterocycles. The van der Waals surface area contributed by atoms with Crippen LogP contribution in [0.2, 0.25) is 0 Å². The van der Waals surface area contributed by atoms with Crippen molar-refractivity contribution in [1.82, 2.24) is 0 Å². The predicted molar refractivity (Wildman–Crippen MR) is 55.8 cm³/mol. The minimum absolute atomic E-state index is 0.0958. The highest BCUT2D eigenvalue weighted by Crippen LogP contribution is 2.50. The first kappa shape index (κ1) is 9.66. The first-order chi connectivity index (χ1) is 6.62. The van der Waals surface area contributed by atoms with E-state index in [0.29, 0.717) is 12.8 Å². The molecule has 1 aromatic carbocycles. The highest BCUT2D eigenvalue weighted by Gasteiger charge is 2.45. The van der Waals surface area contributed by atoms with Crippen LogP contribution in [-0.4, -0.2) is 6.04 Å². The van der Waals surface area contributed by atoms with Gasteiger partial charge in [-0.3, -0.25) is 0 Å². The number of nitrogens with two attached hydrogens (primary N) is 1. The third-order valence-electron chi connectivity index (χ3n) is 2.73. The number of hydrogen-bond acceptors (Lipinski definition) is 1. The molecular formula is C12H16FN. The average molecular weight is 193 g/mol. The predicted octanol–water partition coefficient (Wildman–Crippen LogP) is 2.53. The standard InChI is InChI=1S/C12H16FN/c1-9(14)8-10-4-2-3-5-11(10)12(13)6-7-12/h2-5,9H,6-8,14H2,1H3. The summed E-state index contributed by atoms with van der Waals surface area (Å²) in [5.41, 5.74) is 6.63. The molecule has 1 nitrogen and oxygen atoms in total. The Bertz CT molecular complexity index is 329. The molecule has 0 aliphatic heterocycles. The van der Waals surface area contributed by atoms with Gasteiger partial charge < -0.3 is 5.73 Å². The van der Waals surface area contributed by atoms with Gasteiger partial charge in [-0.25, -0.2) is 4.39 Å². The molecule has 0 amide bonds. The Morgan fingerprint density at radius 1 is 1.43 bits per heavy atom. The lowest BCUT2D eigenvalue weighted by Gasteiger charge is -2.13. The molecule has 0 aromatic heterocycles. The summed E-state index contributed by atoms with van der Waals surface area (Å²) in [6.07, 6.45) is 2.10. The largest absolute Gasteiger partial charge is 0.328 e. The summed E-state index contributed by atoms with van der Waals surface area (Å²) in [6, 6.07) is 7.83. The summed E-state index contributed by atoms with van der Waals surface area (Å²) in [5, 5.41) is 0. The van der Waals surface area contributed by atoms with Crippen molar-refractivity contribution in [2.45, 2.75) is 37.9 Å². The lowest BCUT2D eigenvalue weighted by atomic mass is 9.97. The van der Waals surface area contributed by atoms with Gasteiger partial charge >= 0.3 is 0 Å². The summed E-state index contributed by atoms with van der Waals surface area (Å²) in [4.78, 5) is 0.